The number of nitrogens with two attached hydrogens (primary N) is 1. The minimum Gasteiger partial charge on any atom is -0.490 e. The summed E-state index contributed by atoms with van der Waals surface area (Å²) >= 11 is 1.07. The summed E-state index contributed by atoms with van der Waals surface area (Å²) in [4.78, 5) is 44.0. The van der Waals surface area contributed by atoms with Gasteiger partial charge in [0.1, 0.15) is 41.3 Å². The van der Waals surface area contributed by atoms with Gasteiger partial charge in [-0.1, -0.05) is 75.9 Å². The lowest BCUT2D eigenvalue weighted by molar-refractivity contribution is -0.126. The van der Waals surface area contributed by atoms with Crippen LogP contribution < -0.4 is 21.1 Å². The van der Waals surface area contributed by atoms with E-state index in [0.29, 0.717) is 36.6 Å². The molecule has 1 aliphatic rings. The molecule has 0 saturated carbocycles. The zero-order valence-electron chi connectivity index (χ0n) is 32.4. The maximum Gasteiger partial charge on any atom is 0.356 e. The van der Waals surface area contributed by atoms with E-state index < -0.39 is 31.1 Å². The van der Waals surface area contributed by atoms with Gasteiger partial charge in [-0.05, 0) is 56.5 Å². The first-order valence-corrected chi connectivity index (χ1v) is 25.0. The van der Waals surface area contributed by atoms with Gasteiger partial charge in [0.2, 0.25) is 5.91 Å². The average molecular weight is 896 g/mol. The molecule has 1 heterocycles. The van der Waals surface area contributed by atoms with Crippen molar-refractivity contribution in [1.82, 2.24) is 10.6 Å². The number of carbonyl (C=O) groups is 2. The molecule has 313 valence electrons. The Morgan fingerprint density at radius 3 is 2.61 bits per heavy atom. The second-order valence-corrected chi connectivity index (χ2v) is 22.1. The Morgan fingerprint density at radius 1 is 1.16 bits per heavy atom. The van der Waals surface area contributed by atoms with E-state index in [-0.39, 0.29) is 67.0 Å². The van der Waals surface area contributed by atoms with Gasteiger partial charge in [-0.15, -0.1) is 0 Å². The van der Waals surface area contributed by atoms with Gasteiger partial charge in [0.25, 0.3) is 13.2 Å². The Labute approximate surface area is 351 Å². The molecule has 1 fully saturated rings. The molecular weight excluding hydrogens is 843 g/mol. The van der Waals surface area contributed by atoms with Crippen LogP contribution in [0.1, 0.15) is 51.4 Å². The van der Waals surface area contributed by atoms with Gasteiger partial charge in [0, 0.05) is 35.2 Å². The van der Waals surface area contributed by atoms with Crippen LogP contribution >= 0.6 is 62.5 Å². The fourth-order valence-electron chi connectivity index (χ4n) is 4.29. The number of nitrogens with one attached hydrogen (secondary N) is 2. The van der Waals surface area contributed by atoms with Crippen molar-refractivity contribution in [2.24, 2.45) is 5.73 Å². The Morgan fingerprint density at radius 2 is 1.93 bits per heavy atom. The monoisotopic (exact) mass is 895 g/mol. The Bertz CT molecular complexity index is 1510. The third-order valence-electron chi connectivity index (χ3n) is 7.17. The van der Waals surface area contributed by atoms with Crippen molar-refractivity contribution in [2.75, 3.05) is 64.7 Å². The second kappa shape index (κ2) is 26.8. The summed E-state index contributed by atoms with van der Waals surface area (Å²) in [5, 5.41) is 14.8. The van der Waals surface area contributed by atoms with Crippen LogP contribution in [0, 0.1) is 22.4 Å². The van der Waals surface area contributed by atoms with Gasteiger partial charge in [0.05, 0.1) is 32.5 Å². The summed E-state index contributed by atoms with van der Waals surface area (Å²) < 4.78 is 47.3. The van der Waals surface area contributed by atoms with E-state index in [1.165, 1.54) is 46.2 Å². The lowest BCUT2D eigenvalue weighted by atomic mass is 9.71. The molecule has 1 radical (unpaired) electrons. The second-order valence-electron chi connectivity index (χ2n) is 13.3. The zero-order valence-corrected chi connectivity index (χ0v) is 37.4. The highest BCUT2D eigenvalue weighted by atomic mass is 33.1. The molecule has 0 aromatic heterocycles. The summed E-state index contributed by atoms with van der Waals surface area (Å²) in [6, 6.07) is 6.41. The minimum absolute atomic E-state index is 0.0247. The summed E-state index contributed by atoms with van der Waals surface area (Å²) in [5.41, 5.74) is 5.27. The summed E-state index contributed by atoms with van der Waals surface area (Å²) in [6.45, 7) is 10.0. The number of nitriles is 1. The van der Waals surface area contributed by atoms with Crippen LogP contribution in [0.5, 0.6) is 5.75 Å². The van der Waals surface area contributed by atoms with Crippen LogP contribution in [-0.4, -0.2) is 133 Å². The molecule has 2 rings (SSSR count). The zero-order chi connectivity index (χ0) is 41.6. The highest BCUT2D eigenvalue weighted by molar-refractivity contribution is 8.77. The van der Waals surface area contributed by atoms with Gasteiger partial charge in [-0.25, -0.2) is 0 Å². The molecule has 0 bridgehead atoms. The molecule has 1 aromatic carbocycles. The molecule has 0 aliphatic carbocycles. The van der Waals surface area contributed by atoms with Crippen LogP contribution in [0.3, 0.4) is 0 Å². The Hall–Kier alpha value is -1.27. The molecule has 1 aliphatic heterocycles. The van der Waals surface area contributed by atoms with E-state index in [4.69, 9.17) is 39.4 Å². The molecule has 2 unspecified atom stereocenters. The van der Waals surface area contributed by atoms with Crippen LogP contribution in [0.2, 0.25) is 0 Å². The lowest BCUT2D eigenvalue weighted by Gasteiger charge is -2.29. The molecule has 2 amide bonds. The smallest absolute Gasteiger partial charge is 0.356 e. The maximum absolute atomic E-state index is 12.4. The molecule has 56 heavy (non-hydrogen) atoms. The molecule has 6 N–H and O–H groups in total. The summed E-state index contributed by atoms with van der Waals surface area (Å²) in [5.74, 6) is 6.12. The number of ether oxygens (including phenoxy) is 6. The van der Waals surface area contributed by atoms with Gasteiger partial charge in [-0.2, -0.15) is 11.1 Å². The number of carbonyl (C=O) groups excluding carboxylic acids is 2. The first kappa shape index (κ1) is 50.9. The number of hydrogen-bond donors (Lipinski definition) is 5. The summed E-state index contributed by atoms with van der Waals surface area (Å²) in [6.07, 6.45) is 1.19. The van der Waals surface area contributed by atoms with E-state index in [2.05, 4.69) is 43.1 Å². The molecular formula is C34H53BN4O11PS5. The molecule has 1 aromatic rings. The number of amides is 2. The average Bonchev–Trinajstić information content (AvgIpc) is 3.52. The normalized spacial score (nSPS) is 18.2. The molecule has 1 saturated heterocycles. The van der Waals surface area contributed by atoms with Crippen molar-refractivity contribution >= 4 is 81.6 Å². The number of benzene rings is 1. The van der Waals surface area contributed by atoms with E-state index in [1.54, 1.807) is 42.3 Å². The lowest BCUT2D eigenvalue weighted by Crippen LogP contribution is -2.36. The SMILES string of the molecule is CSS[C@@H](CSC#N)O[C@@H]1C[C@H]([B]C#CCNC(=O)COCCOC(COc2cccc(C(=O)NCCN)c2)SSC(C)(C)C)OC1COC(C)(C)P(=O)(O)O. The van der Waals surface area contributed by atoms with E-state index in [0.717, 1.165) is 11.8 Å². The van der Waals surface area contributed by atoms with Crippen molar-refractivity contribution in [3.05, 3.63) is 29.8 Å². The highest BCUT2D eigenvalue weighted by Crippen LogP contribution is 2.51. The van der Waals surface area contributed by atoms with Gasteiger partial charge in [0.15, 0.2) is 5.34 Å². The largest absolute Gasteiger partial charge is 0.490 e. The van der Waals surface area contributed by atoms with Crippen LogP contribution in [0.15, 0.2) is 24.3 Å². The number of rotatable bonds is 26. The van der Waals surface area contributed by atoms with E-state index in [1.807, 2.05) is 11.7 Å². The van der Waals surface area contributed by atoms with Crippen molar-refractivity contribution in [3.8, 4) is 22.9 Å². The van der Waals surface area contributed by atoms with Gasteiger partial charge >= 0.3 is 7.60 Å². The van der Waals surface area contributed by atoms with Gasteiger partial charge < -0.3 is 54.6 Å². The predicted molar refractivity (Wildman–Crippen MR) is 229 cm³/mol. The molecule has 15 nitrogen and oxygen atoms in total. The van der Waals surface area contributed by atoms with Crippen molar-refractivity contribution in [3.63, 3.8) is 0 Å². The predicted octanol–water partition coefficient (Wildman–Crippen LogP) is 4.06. The van der Waals surface area contributed by atoms with Crippen molar-refractivity contribution in [1.29, 1.82) is 5.26 Å². The Balaban J connectivity index is 1.81. The molecule has 5 atom stereocenters. The quantitative estimate of drug-likeness (QED) is 0.0168. The van der Waals surface area contributed by atoms with Crippen LogP contribution in [-0.2, 0) is 33.0 Å². The van der Waals surface area contributed by atoms with Crippen LogP contribution in [0.25, 0.3) is 0 Å². The molecule has 0 spiro atoms. The van der Waals surface area contributed by atoms with E-state index >= 15 is 0 Å². The topological polar surface area (TPSA) is 221 Å². The first-order valence-electron chi connectivity index (χ1n) is 17.5. The fourth-order valence-corrected chi connectivity index (χ4v) is 9.13. The third-order valence-corrected chi connectivity index (χ3v) is 14.9. The maximum atomic E-state index is 12.4. The Kier molecular flexibility index (Phi) is 24.3. The van der Waals surface area contributed by atoms with Crippen LogP contribution in [0.4, 0.5) is 0 Å². The number of thioether (sulfide) groups is 1. The third kappa shape index (κ3) is 21.1. The number of thiocyanates is 1. The van der Waals surface area contributed by atoms with Crippen molar-refractivity contribution < 1.29 is 52.4 Å². The minimum atomic E-state index is -4.55. The number of nitrogens with zero attached hydrogens (tertiary/aromatic N) is 1. The highest BCUT2D eigenvalue weighted by Gasteiger charge is 2.43. The number of hydrogen-bond acceptors (Lipinski definition) is 16. The molecule has 22 heteroatoms. The summed E-state index contributed by atoms with van der Waals surface area (Å²) in [7, 11) is 3.23. The standard InChI is InChI=1S/C34H53BN4O11PS5/c1-33(2,3)56-55-30(21-47-25-10-7-9-24(17-25)32(41)39-14-12-36)46-16-15-45-20-29(40)38-13-8-11-35-28-18-26(50-31(54-52-6)22-53-23-37)27(49-28)19-48-34(4,5)51(42,43)44/h7,9-10,17,26-28,30-31H,12-16,18-22,36H2,1-6H3,(H,38,40)(H,39,41)(H2,42,43,44)/t26-,27?,28-,30?,31+/m1/s1. The van der Waals surface area contributed by atoms with E-state index in [9.17, 15) is 23.9 Å². The first-order chi connectivity index (χ1) is 26.5. The van der Waals surface area contributed by atoms with Crippen molar-refractivity contribution in [2.45, 2.75) is 80.2 Å². The fraction of sp³-hybridized carbons (Fsp3) is 0.676. The van der Waals surface area contributed by atoms with Gasteiger partial charge in [-0.3, -0.25) is 14.2 Å².